The van der Waals surface area contributed by atoms with Gasteiger partial charge in [0, 0.05) is 49.3 Å². The number of benzene rings is 3. The first kappa shape index (κ1) is 30.5. The summed E-state index contributed by atoms with van der Waals surface area (Å²) < 4.78 is 83.1. The van der Waals surface area contributed by atoms with Crippen molar-refractivity contribution in [3.8, 4) is 11.3 Å². The number of likely N-dealkylation sites (N-methyl/N-ethyl adjacent to an activating group) is 1. The van der Waals surface area contributed by atoms with Crippen LogP contribution in [0.5, 0.6) is 0 Å². The quantitative estimate of drug-likeness (QED) is 0.169. The van der Waals surface area contributed by atoms with Crippen LogP contribution >= 0.6 is 11.9 Å². The molecule has 1 fully saturated rings. The predicted octanol–water partition coefficient (Wildman–Crippen LogP) is 7.53. The van der Waals surface area contributed by atoms with Gasteiger partial charge in [0.15, 0.2) is 0 Å². The Labute approximate surface area is 257 Å². The summed E-state index contributed by atoms with van der Waals surface area (Å²) in [6.07, 6.45) is -8.72. The van der Waals surface area contributed by atoms with Crippen LogP contribution in [0, 0.1) is 0 Å². The Morgan fingerprint density at radius 1 is 0.867 bits per heavy atom. The molecular weight excluding hydrogens is 622 g/mol. The lowest BCUT2D eigenvalue weighted by atomic mass is 10.0. The fourth-order valence-corrected chi connectivity index (χ4v) is 6.07. The SMILES string of the molecule is CN1CCN(c2ccc(Nc3ncc4c(n3)-c3ccc(C(=O)O)cc3N(c3cc(C(F)(F)F)cc(C(F)(F)F)c3)S4)cc2)CC1. The summed E-state index contributed by atoms with van der Waals surface area (Å²) in [5, 5.41) is 12.7. The molecule has 15 heteroatoms. The van der Waals surface area contributed by atoms with Gasteiger partial charge < -0.3 is 20.2 Å². The molecule has 0 bridgehead atoms. The minimum Gasteiger partial charge on any atom is -0.478 e. The predicted molar refractivity (Wildman–Crippen MR) is 158 cm³/mol. The number of carbonyl (C=O) groups is 1. The van der Waals surface area contributed by atoms with Crippen LogP contribution in [0.2, 0.25) is 0 Å². The third-order valence-electron chi connectivity index (χ3n) is 7.46. The topological polar surface area (TPSA) is 84.8 Å². The van der Waals surface area contributed by atoms with E-state index in [0.717, 1.165) is 48.1 Å². The number of carboxylic acids is 1. The number of aromatic carboxylic acids is 1. The number of piperazine rings is 1. The monoisotopic (exact) mass is 646 g/mol. The lowest BCUT2D eigenvalue weighted by molar-refractivity contribution is -0.143. The highest BCUT2D eigenvalue weighted by atomic mass is 32.2. The smallest absolute Gasteiger partial charge is 0.416 e. The first-order valence-corrected chi connectivity index (χ1v) is 14.4. The molecule has 1 saturated heterocycles. The summed E-state index contributed by atoms with van der Waals surface area (Å²) in [6, 6.07) is 12.8. The fourth-order valence-electron chi connectivity index (χ4n) is 5.07. The van der Waals surface area contributed by atoms with Crippen molar-refractivity contribution in [2.75, 3.05) is 47.7 Å². The lowest BCUT2D eigenvalue weighted by Crippen LogP contribution is -2.44. The molecule has 2 aliphatic heterocycles. The Hall–Kier alpha value is -4.50. The van der Waals surface area contributed by atoms with Gasteiger partial charge in [-0.05, 0) is 79.7 Å². The van der Waals surface area contributed by atoms with Crippen LogP contribution in [0.1, 0.15) is 21.5 Å². The number of anilines is 5. The molecule has 0 unspecified atom stereocenters. The van der Waals surface area contributed by atoms with Gasteiger partial charge in [0.05, 0.1) is 38.7 Å². The van der Waals surface area contributed by atoms with Crippen LogP contribution in [0.4, 0.5) is 55.0 Å². The van der Waals surface area contributed by atoms with Crippen LogP contribution in [0.3, 0.4) is 0 Å². The summed E-state index contributed by atoms with van der Waals surface area (Å²) in [5.74, 6) is -1.12. The van der Waals surface area contributed by atoms with Gasteiger partial charge >= 0.3 is 18.3 Å². The minimum atomic E-state index is -5.06. The van der Waals surface area contributed by atoms with Gasteiger partial charge in [0.25, 0.3) is 0 Å². The summed E-state index contributed by atoms with van der Waals surface area (Å²) in [5.41, 5.74) is -1.19. The average Bonchev–Trinajstić information content (AvgIpc) is 3.00. The second kappa shape index (κ2) is 11.5. The third-order valence-corrected chi connectivity index (χ3v) is 8.55. The van der Waals surface area contributed by atoms with Crippen molar-refractivity contribution < 1.29 is 36.2 Å². The van der Waals surface area contributed by atoms with Gasteiger partial charge in [-0.15, -0.1) is 0 Å². The molecule has 45 heavy (non-hydrogen) atoms. The number of carboxylic acid groups (broad SMARTS) is 1. The van der Waals surface area contributed by atoms with Crippen LogP contribution in [0.15, 0.2) is 71.8 Å². The van der Waals surface area contributed by atoms with Crippen molar-refractivity contribution >= 4 is 46.6 Å². The lowest BCUT2D eigenvalue weighted by Gasteiger charge is -2.34. The molecule has 3 aromatic carbocycles. The molecule has 3 heterocycles. The van der Waals surface area contributed by atoms with E-state index in [1.54, 1.807) is 0 Å². The molecule has 0 aliphatic carbocycles. The summed E-state index contributed by atoms with van der Waals surface area (Å²) in [6.45, 7) is 3.75. The van der Waals surface area contributed by atoms with Crippen LogP contribution in [-0.4, -0.2) is 59.2 Å². The Kier molecular flexibility index (Phi) is 7.77. The molecule has 2 aliphatic rings. The maximum Gasteiger partial charge on any atom is 0.416 e. The largest absolute Gasteiger partial charge is 0.478 e. The van der Waals surface area contributed by atoms with E-state index in [2.05, 4.69) is 32.1 Å². The highest BCUT2D eigenvalue weighted by Gasteiger charge is 2.38. The molecule has 0 saturated carbocycles. The van der Waals surface area contributed by atoms with Crippen molar-refractivity contribution in [3.63, 3.8) is 0 Å². The molecule has 0 amide bonds. The van der Waals surface area contributed by atoms with E-state index in [4.69, 9.17) is 0 Å². The summed E-state index contributed by atoms with van der Waals surface area (Å²) in [7, 11) is 2.08. The number of aromatic nitrogens is 2. The van der Waals surface area contributed by atoms with Gasteiger partial charge in [0.1, 0.15) is 0 Å². The van der Waals surface area contributed by atoms with Gasteiger partial charge in [-0.1, -0.05) is 0 Å². The Bertz CT molecular complexity index is 1730. The number of nitrogens with one attached hydrogen (secondary N) is 1. The molecule has 8 nitrogen and oxygen atoms in total. The third kappa shape index (κ3) is 6.35. The molecule has 0 radical (unpaired) electrons. The molecular formula is C30H24F6N6O2S. The number of hydrogen-bond acceptors (Lipinski definition) is 8. The van der Waals surface area contributed by atoms with Crippen LogP contribution in [-0.2, 0) is 12.4 Å². The van der Waals surface area contributed by atoms with Crippen molar-refractivity contribution in [3.05, 3.63) is 83.6 Å². The van der Waals surface area contributed by atoms with E-state index in [1.165, 1.54) is 24.4 Å². The normalized spacial score (nSPS) is 15.4. The number of rotatable bonds is 5. The average molecular weight is 647 g/mol. The Morgan fingerprint density at radius 3 is 2.11 bits per heavy atom. The maximum absolute atomic E-state index is 13.7. The molecule has 6 rings (SSSR count). The van der Waals surface area contributed by atoms with Gasteiger partial charge in [0.2, 0.25) is 5.95 Å². The van der Waals surface area contributed by atoms with Crippen molar-refractivity contribution in [2.45, 2.75) is 17.2 Å². The van der Waals surface area contributed by atoms with Gasteiger partial charge in [-0.25, -0.2) is 14.8 Å². The number of nitrogens with zero attached hydrogens (tertiary/aromatic N) is 5. The van der Waals surface area contributed by atoms with E-state index < -0.39 is 35.1 Å². The number of alkyl halides is 6. The fraction of sp³-hybridized carbons (Fsp3) is 0.233. The van der Waals surface area contributed by atoms with E-state index in [9.17, 15) is 36.2 Å². The molecule has 1 aromatic heterocycles. The van der Waals surface area contributed by atoms with Crippen LogP contribution < -0.4 is 14.5 Å². The number of fused-ring (bicyclic) bond motifs is 3. The highest BCUT2D eigenvalue weighted by molar-refractivity contribution is 8.01. The van der Waals surface area contributed by atoms with E-state index in [-0.39, 0.29) is 23.3 Å². The van der Waals surface area contributed by atoms with Crippen LogP contribution in [0.25, 0.3) is 11.3 Å². The highest BCUT2D eigenvalue weighted by Crippen LogP contribution is 2.51. The summed E-state index contributed by atoms with van der Waals surface area (Å²) >= 11 is 0.789. The zero-order valence-corrected chi connectivity index (χ0v) is 24.3. The molecule has 0 spiro atoms. The van der Waals surface area contributed by atoms with E-state index in [1.807, 2.05) is 24.3 Å². The second-order valence-corrected chi connectivity index (χ2v) is 11.5. The first-order chi connectivity index (χ1) is 21.3. The molecule has 2 N–H and O–H groups in total. The first-order valence-electron chi connectivity index (χ1n) is 13.6. The van der Waals surface area contributed by atoms with E-state index in [0.29, 0.717) is 34.0 Å². The second-order valence-electron chi connectivity index (χ2n) is 10.6. The Morgan fingerprint density at radius 2 is 1.51 bits per heavy atom. The molecule has 4 aromatic rings. The molecule has 234 valence electrons. The maximum atomic E-state index is 13.7. The number of hydrogen-bond donors (Lipinski definition) is 2. The van der Waals surface area contributed by atoms with Crippen molar-refractivity contribution in [2.24, 2.45) is 0 Å². The Balaban J connectivity index is 1.36. The standard InChI is InChI=1S/C30H24F6N6O2S/c1-40-8-10-41(11-9-40)21-5-3-20(4-6-21)38-28-37-16-25-26(39-28)23-7-2-17(27(43)44)12-24(23)42(45-25)22-14-18(29(31,32)33)13-19(15-22)30(34,35)36/h2-7,12-16H,8-11H2,1H3,(H,43,44)(H,37,38,39). The van der Waals surface area contributed by atoms with Crippen molar-refractivity contribution in [1.29, 1.82) is 0 Å². The zero-order valence-electron chi connectivity index (χ0n) is 23.4. The van der Waals surface area contributed by atoms with E-state index >= 15 is 0 Å². The summed E-state index contributed by atoms with van der Waals surface area (Å²) in [4.78, 5) is 25.6. The van der Waals surface area contributed by atoms with Crippen molar-refractivity contribution in [1.82, 2.24) is 14.9 Å². The zero-order chi connectivity index (χ0) is 32.1. The minimum absolute atomic E-state index is 0.0410. The van der Waals surface area contributed by atoms with Gasteiger partial charge in [-0.3, -0.25) is 4.31 Å². The molecule has 0 atom stereocenters. The number of halogens is 6. The van der Waals surface area contributed by atoms with Gasteiger partial charge in [-0.2, -0.15) is 26.3 Å².